The largest absolute Gasteiger partial charge is 0.451 e. The van der Waals surface area contributed by atoms with E-state index in [0.717, 1.165) is 36.8 Å². The lowest BCUT2D eigenvalue weighted by Crippen LogP contribution is -2.52. The predicted octanol–water partition coefficient (Wildman–Crippen LogP) is 5.24. The highest BCUT2D eigenvalue weighted by atomic mass is 16.3. The van der Waals surface area contributed by atoms with Gasteiger partial charge in [-0.1, -0.05) is 38.5 Å². The Bertz CT molecular complexity index is 763. The fraction of sp³-hybridized carbons (Fsp3) is 0.696. The van der Waals surface area contributed by atoms with Crippen molar-refractivity contribution in [1.29, 1.82) is 0 Å². The highest BCUT2D eigenvalue weighted by Crippen LogP contribution is 2.67. The average molecular weight is 354 g/mol. The summed E-state index contributed by atoms with van der Waals surface area (Å²) >= 11 is 0. The van der Waals surface area contributed by atoms with Crippen molar-refractivity contribution in [3.63, 3.8) is 0 Å². The molecule has 0 saturated heterocycles. The van der Waals surface area contributed by atoms with Gasteiger partial charge in [-0.05, 0) is 78.6 Å². The zero-order valence-electron chi connectivity index (χ0n) is 16.2. The molecule has 2 fully saturated rings. The number of aliphatic hydroxyl groups excluding tert-OH is 1. The fourth-order valence-corrected chi connectivity index (χ4v) is 7.31. The minimum Gasteiger partial charge on any atom is -0.451 e. The monoisotopic (exact) mass is 353 g/mol. The summed E-state index contributed by atoms with van der Waals surface area (Å²) in [6, 6.07) is 0. The zero-order chi connectivity index (χ0) is 18.1. The van der Waals surface area contributed by atoms with E-state index in [1.807, 2.05) is 6.26 Å². The molecule has 4 aliphatic carbocycles. The van der Waals surface area contributed by atoms with Crippen molar-refractivity contribution in [1.82, 2.24) is 4.98 Å². The van der Waals surface area contributed by atoms with Crippen LogP contribution in [0.5, 0.6) is 0 Å². The maximum Gasteiger partial charge on any atom is 0.181 e. The van der Waals surface area contributed by atoms with Crippen LogP contribution in [0.2, 0.25) is 0 Å². The van der Waals surface area contributed by atoms with Crippen molar-refractivity contribution in [2.24, 2.45) is 34.5 Å². The van der Waals surface area contributed by atoms with Crippen molar-refractivity contribution in [2.75, 3.05) is 0 Å². The average Bonchev–Trinajstić information content (AvgIpc) is 3.23. The molecule has 2 saturated carbocycles. The summed E-state index contributed by atoms with van der Waals surface area (Å²) in [5, 5.41) is 10.2. The lowest BCUT2D eigenvalue weighted by molar-refractivity contribution is -0.0426. The first-order valence-corrected chi connectivity index (χ1v) is 10.4. The molecule has 3 nitrogen and oxygen atoms in total. The predicted molar refractivity (Wildman–Crippen MR) is 102 cm³/mol. The van der Waals surface area contributed by atoms with Crippen LogP contribution in [0.15, 0.2) is 34.8 Å². The first kappa shape index (κ1) is 16.8. The van der Waals surface area contributed by atoms with E-state index >= 15 is 0 Å². The molecule has 1 aromatic heterocycles. The molecule has 5 rings (SSSR count). The standard InChI is InChI=1S/C23H31NO2/c1-14-10-15-11-16(25)6-8-22(15,2)19-7-9-23(3)17(20-12-26-13-24-20)4-5-18(23)21(14)19/h4,10,12-14,16,18-19,21,25H,5-9,11H2,1-3H3/t14?,16?,18-,19+,21-,22-,23+/m0/s1. The Labute approximate surface area is 156 Å². The van der Waals surface area contributed by atoms with Gasteiger partial charge in [0.05, 0.1) is 6.10 Å². The van der Waals surface area contributed by atoms with E-state index in [-0.39, 0.29) is 11.5 Å². The topological polar surface area (TPSA) is 46.3 Å². The minimum atomic E-state index is -0.126. The van der Waals surface area contributed by atoms with Crippen LogP contribution < -0.4 is 0 Å². The Morgan fingerprint density at radius 1 is 1.15 bits per heavy atom. The Balaban J connectivity index is 1.52. The zero-order valence-corrected chi connectivity index (χ0v) is 16.2. The molecule has 2 unspecified atom stereocenters. The van der Waals surface area contributed by atoms with Gasteiger partial charge in [-0.3, -0.25) is 0 Å². The van der Waals surface area contributed by atoms with Crippen molar-refractivity contribution < 1.29 is 9.52 Å². The van der Waals surface area contributed by atoms with Crippen LogP contribution >= 0.6 is 0 Å². The number of allylic oxidation sites excluding steroid dienone is 3. The van der Waals surface area contributed by atoms with Crippen LogP contribution in [0.3, 0.4) is 0 Å². The lowest BCUT2D eigenvalue weighted by atomic mass is 9.45. The summed E-state index contributed by atoms with van der Waals surface area (Å²) in [6.07, 6.45) is 15.0. The van der Waals surface area contributed by atoms with E-state index in [4.69, 9.17) is 4.42 Å². The van der Waals surface area contributed by atoms with E-state index in [9.17, 15) is 5.11 Å². The summed E-state index contributed by atoms with van der Waals surface area (Å²) < 4.78 is 5.29. The number of oxazole rings is 1. The highest BCUT2D eigenvalue weighted by Gasteiger charge is 2.58. The number of hydrogen-bond acceptors (Lipinski definition) is 3. The lowest BCUT2D eigenvalue weighted by Gasteiger charge is -2.59. The molecule has 1 aromatic rings. The van der Waals surface area contributed by atoms with Gasteiger partial charge in [0.15, 0.2) is 6.39 Å². The SMILES string of the molecule is CC1C=C2CC(O)CC[C@]2(C)[C@@H]2CC[C@]3(C)C(c4cocn4)=CC[C@H]3[C@H]12. The second-order valence-electron chi connectivity index (χ2n) is 9.84. The number of fused-ring (bicyclic) bond motifs is 5. The van der Waals surface area contributed by atoms with Gasteiger partial charge in [-0.25, -0.2) is 4.98 Å². The number of hydrogen-bond donors (Lipinski definition) is 1. The third kappa shape index (κ3) is 2.13. The first-order chi connectivity index (χ1) is 12.4. The number of aromatic nitrogens is 1. The third-order valence-electron chi connectivity index (χ3n) is 8.70. The van der Waals surface area contributed by atoms with Gasteiger partial charge in [0.25, 0.3) is 0 Å². The van der Waals surface area contributed by atoms with Crippen LogP contribution in [-0.2, 0) is 0 Å². The fourth-order valence-electron chi connectivity index (χ4n) is 7.31. The third-order valence-corrected chi connectivity index (χ3v) is 8.70. The second kappa shape index (κ2) is 5.58. The normalized spacial score (nSPS) is 47.5. The Kier molecular flexibility index (Phi) is 3.60. The summed E-state index contributed by atoms with van der Waals surface area (Å²) in [5.74, 6) is 2.79. The second-order valence-corrected chi connectivity index (χ2v) is 9.84. The molecular weight excluding hydrogens is 322 g/mol. The van der Waals surface area contributed by atoms with Crippen LogP contribution in [0, 0.1) is 34.5 Å². The van der Waals surface area contributed by atoms with E-state index in [0.29, 0.717) is 17.3 Å². The van der Waals surface area contributed by atoms with Gasteiger partial charge >= 0.3 is 0 Å². The highest BCUT2D eigenvalue weighted by molar-refractivity contribution is 5.70. The molecule has 0 aromatic carbocycles. The van der Waals surface area contributed by atoms with Gasteiger partial charge in [0.2, 0.25) is 0 Å². The van der Waals surface area contributed by atoms with Crippen molar-refractivity contribution in [3.8, 4) is 0 Å². The van der Waals surface area contributed by atoms with Crippen LogP contribution in [-0.4, -0.2) is 16.2 Å². The Hall–Kier alpha value is -1.35. The van der Waals surface area contributed by atoms with Crippen molar-refractivity contribution >= 4 is 5.57 Å². The Morgan fingerprint density at radius 2 is 1.96 bits per heavy atom. The molecule has 0 spiro atoms. The molecule has 1 N–H and O–H groups in total. The van der Waals surface area contributed by atoms with Crippen molar-refractivity contribution in [2.45, 2.75) is 65.4 Å². The molecule has 7 atom stereocenters. The smallest absolute Gasteiger partial charge is 0.181 e. The summed E-state index contributed by atoms with van der Waals surface area (Å²) in [4.78, 5) is 4.47. The molecule has 1 heterocycles. The van der Waals surface area contributed by atoms with E-state index in [1.54, 1.807) is 12.0 Å². The van der Waals surface area contributed by atoms with E-state index in [2.05, 4.69) is 37.9 Å². The van der Waals surface area contributed by atoms with E-state index < -0.39 is 0 Å². The van der Waals surface area contributed by atoms with Gasteiger partial charge in [0, 0.05) is 0 Å². The molecule has 0 aliphatic heterocycles. The van der Waals surface area contributed by atoms with Gasteiger partial charge in [-0.2, -0.15) is 0 Å². The number of aliphatic hydroxyl groups is 1. The molecule has 3 heteroatoms. The summed E-state index contributed by atoms with van der Waals surface area (Å²) in [7, 11) is 0. The van der Waals surface area contributed by atoms with Crippen molar-refractivity contribution in [3.05, 3.63) is 36.1 Å². The van der Waals surface area contributed by atoms with Gasteiger partial charge < -0.3 is 9.52 Å². The molecule has 0 bridgehead atoms. The maximum atomic E-state index is 10.2. The molecule has 0 amide bonds. The first-order valence-electron chi connectivity index (χ1n) is 10.4. The maximum absolute atomic E-state index is 10.2. The molecule has 26 heavy (non-hydrogen) atoms. The van der Waals surface area contributed by atoms with Crippen LogP contribution in [0.4, 0.5) is 0 Å². The summed E-state index contributed by atoms with van der Waals surface area (Å²) in [6.45, 7) is 7.39. The quantitative estimate of drug-likeness (QED) is 0.703. The van der Waals surface area contributed by atoms with Crippen LogP contribution in [0.1, 0.15) is 65.0 Å². The minimum absolute atomic E-state index is 0.126. The number of nitrogens with zero attached hydrogens (tertiary/aromatic N) is 1. The van der Waals surface area contributed by atoms with Gasteiger partial charge in [0.1, 0.15) is 12.0 Å². The molecule has 0 radical (unpaired) electrons. The van der Waals surface area contributed by atoms with E-state index in [1.165, 1.54) is 24.8 Å². The Morgan fingerprint density at radius 3 is 2.73 bits per heavy atom. The molecule has 140 valence electrons. The van der Waals surface area contributed by atoms with Gasteiger partial charge in [-0.15, -0.1) is 0 Å². The number of rotatable bonds is 1. The van der Waals surface area contributed by atoms with Crippen LogP contribution in [0.25, 0.3) is 5.57 Å². The molecular formula is C23H31NO2. The molecule has 4 aliphatic rings. The summed E-state index contributed by atoms with van der Waals surface area (Å²) in [5.41, 5.74) is 4.54.